The zero-order chi connectivity index (χ0) is 18.6. The number of pyridine rings is 1. The van der Waals surface area contributed by atoms with Crippen molar-refractivity contribution in [2.75, 3.05) is 0 Å². The molecule has 0 saturated carbocycles. The summed E-state index contributed by atoms with van der Waals surface area (Å²) in [5.74, 6) is -0.599. The normalized spacial score (nSPS) is 12.3. The molecule has 2 rings (SSSR count). The van der Waals surface area contributed by atoms with E-state index in [-0.39, 0.29) is 0 Å². The summed E-state index contributed by atoms with van der Waals surface area (Å²) < 4.78 is 38.9. The Kier molecular flexibility index (Phi) is 5.27. The van der Waals surface area contributed by atoms with Gasteiger partial charge in [-0.15, -0.1) is 0 Å². The van der Waals surface area contributed by atoms with E-state index in [1.807, 2.05) is 6.07 Å². The molecule has 0 spiro atoms. The molecule has 1 atom stereocenters. The lowest BCUT2D eigenvalue weighted by molar-refractivity contribution is -0.139. The summed E-state index contributed by atoms with van der Waals surface area (Å²) >= 11 is 0. The number of hydrogen-bond donors (Lipinski definition) is 1. The molecule has 0 aliphatic heterocycles. The Bertz CT molecular complexity index is 864. The van der Waals surface area contributed by atoms with Gasteiger partial charge in [0.15, 0.2) is 0 Å². The molecule has 0 aliphatic carbocycles. The van der Waals surface area contributed by atoms with Gasteiger partial charge in [-0.05, 0) is 36.8 Å². The van der Waals surface area contributed by atoms with Gasteiger partial charge in [-0.1, -0.05) is 12.1 Å². The molecule has 1 unspecified atom stereocenters. The number of nitriles is 1. The zero-order valence-corrected chi connectivity index (χ0v) is 13.2. The Morgan fingerprint density at radius 2 is 1.92 bits per heavy atom. The SMILES string of the molecule is CC(NC(=O)Cn1cccc(C(F)(F)F)c1=O)c1ccc(C#N)cc1. The topological polar surface area (TPSA) is 74.9 Å². The van der Waals surface area contributed by atoms with Crippen molar-refractivity contribution in [3.8, 4) is 6.07 Å². The van der Waals surface area contributed by atoms with Crippen LogP contribution in [0.3, 0.4) is 0 Å². The van der Waals surface area contributed by atoms with Crippen molar-refractivity contribution >= 4 is 5.91 Å². The average Bonchev–Trinajstić information content (AvgIpc) is 2.55. The summed E-state index contributed by atoms with van der Waals surface area (Å²) in [6.07, 6.45) is -3.64. The number of alkyl halides is 3. The maximum absolute atomic E-state index is 12.7. The Balaban J connectivity index is 2.10. The Morgan fingerprint density at radius 3 is 2.48 bits per heavy atom. The van der Waals surface area contributed by atoms with Crippen LogP contribution < -0.4 is 10.9 Å². The first kappa shape index (κ1) is 18.3. The molecule has 8 heteroatoms. The highest BCUT2D eigenvalue weighted by Crippen LogP contribution is 2.25. The van der Waals surface area contributed by atoms with E-state index in [0.29, 0.717) is 16.2 Å². The number of amides is 1. The van der Waals surface area contributed by atoms with E-state index < -0.39 is 35.8 Å². The lowest BCUT2D eigenvalue weighted by Gasteiger charge is -2.15. The molecule has 5 nitrogen and oxygen atoms in total. The monoisotopic (exact) mass is 349 g/mol. The van der Waals surface area contributed by atoms with Crippen LogP contribution >= 0.6 is 0 Å². The Hall–Kier alpha value is -3.08. The third kappa shape index (κ3) is 4.47. The minimum atomic E-state index is -4.77. The molecule has 1 heterocycles. The van der Waals surface area contributed by atoms with Crippen LogP contribution in [0.1, 0.15) is 29.7 Å². The number of hydrogen-bond acceptors (Lipinski definition) is 3. The molecule has 0 radical (unpaired) electrons. The van der Waals surface area contributed by atoms with Crippen LogP contribution in [-0.2, 0) is 17.5 Å². The smallest absolute Gasteiger partial charge is 0.348 e. The Morgan fingerprint density at radius 1 is 1.28 bits per heavy atom. The van der Waals surface area contributed by atoms with Crippen LogP contribution in [0.4, 0.5) is 13.2 Å². The van der Waals surface area contributed by atoms with Gasteiger partial charge in [0.1, 0.15) is 12.1 Å². The standard InChI is InChI=1S/C17H14F3N3O2/c1-11(13-6-4-12(9-21)5-7-13)22-15(24)10-23-8-2-3-14(16(23)25)17(18,19)20/h2-8,11H,10H2,1H3,(H,22,24). The highest BCUT2D eigenvalue weighted by molar-refractivity contribution is 5.76. The van der Waals surface area contributed by atoms with Crippen LogP contribution in [0.25, 0.3) is 0 Å². The van der Waals surface area contributed by atoms with Gasteiger partial charge < -0.3 is 9.88 Å². The Labute approximate surface area is 141 Å². The van der Waals surface area contributed by atoms with E-state index in [0.717, 1.165) is 17.8 Å². The lowest BCUT2D eigenvalue weighted by Crippen LogP contribution is -2.35. The predicted molar refractivity (Wildman–Crippen MR) is 83.4 cm³/mol. The van der Waals surface area contributed by atoms with E-state index in [1.165, 1.54) is 0 Å². The maximum Gasteiger partial charge on any atom is 0.421 e. The number of carbonyl (C=O) groups excluding carboxylic acids is 1. The first-order valence-electron chi connectivity index (χ1n) is 7.28. The molecule has 0 bridgehead atoms. The van der Waals surface area contributed by atoms with Gasteiger partial charge >= 0.3 is 6.18 Å². The molecule has 0 aliphatic rings. The zero-order valence-electron chi connectivity index (χ0n) is 13.2. The second-order valence-corrected chi connectivity index (χ2v) is 5.38. The average molecular weight is 349 g/mol. The number of rotatable bonds is 4. The van der Waals surface area contributed by atoms with Crippen molar-refractivity contribution in [1.29, 1.82) is 5.26 Å². The molecule has 1 aromatic heterocycles. The van der Waals surface area contributed by atoms with Crippen molar-refractivity contribution in [2.24, 2.45) is 0 Å². The number of nitrogens with zero attached hydrogens (tertiary/aromatic N) is 2. The summed E-state index contributed by atoms with van der Waals surface area (Å²) in [7, 11) is 0. The van der Waals surface area contributed by atoms with Crippen LogP contribution in [0.2, 0.25) is 0 Å². The molecular weight excluding hydrogens is 335 g/mol. The molecular formula is C17H14F3N3O2. The van der Waals surface area contributed by atoms with E-state index in [1.54, 1.807) is 31.2 Å². The molecule has 1 N–H and O–H groups in total. The largest absolute Gasteiger partial charge is 0.421 e. The second kappa shape index (κ2) is 7.21. The highest BCUT2D eigenvalue weighted by atomic mass is 19.4. The summed E-state index contributed by atoms with van der Waals surface area (Å²) in [5.41, 5.74) is -1.39. The van der Waals surface area contributed by atoms with Crippen molar-refractivity contribution in [1.82, 2.24) is 9.88 Å². The van der Waals surface area contributed by atoms with Crippen LogP contribution in [0.15, 0.2) is 47.4 Å². The maximum atomic E-state index is 12.7. The minimum absolute atomic E-state index is 0.429. The fourth-order valence-electron chi connectivity index (χ4n) is 2.25. The van der Waals surface area contributed by atoms with Crippen molar-refractivity contribution in [3.63, 3.8) is 0 Å². The van der Waals surface area contributed by atoms with E-state index in [2.05, 4.69) is 5.32 Å². The van der Waals surface area contributed by atoms with Crippen LogP contribution in [0, 0.1) is 11.3 Å². The highest BCUT2D eigenvalue weighted by Gasteiger charge is 2.34. The third-order valence-electron chi connectivity index (χ3n) is 3.56. The number of carbonyl (C=O) groups is 1. The first-order valence-corrected chi connectivity index (χ1v) is 7.28. The fourth-order valence-corrected chi connectivity index (χ4v) is 2.25. The molecule has 0 saturated heterocycles. The van der Waals surface area contributed by atoms with Gasteiger partial charge in [0.25, 0.3) is 5.56 Å². The van der Waals surface area contributed by atoms with Crippen LogP contribution in [0.5, 0.6) is 0 Å². The number of aromatic nitrogens is 1. The lowest BCUT2D eigenvalue weighted by atomic mass is 10.1. The number of nitrogens with one attached hydrogen (secondary N) is 1. The van der Waals surface area contributed by atoms with Crippen LogP contribution in [-0.4, -0.2) is 10.5 Å². The number of halogens is 3. The molecule has 2 aromatic rings. The quantitative estimate of drug-likeness (QED) is 0.922. The van der Waals surface area contributed by atoms with Crippen molar-refractivity contribution in [3.05, 3.63) is 69.6 Å². The van der Waals surface area contributed by atoms with E-state index in [4.69, 9.17) is 5.26 Å². The summed E-state index contributed by atoms with van der Waals surface area (Å²) in [4.78, 5) is 23.8. The van der Waals surface area contributed by atoms with Crippen molar-refractivity contribution in [2.45, 2.75) is 25.7 Å². The van der Waals surface area contributed by atoms with E-state index >= 15 is 0 Å². The minimum Gasteiger partial charge on any atom is -0.348 e. The summed E-state index contributed by atoms with van der Waals surface area (Å²) in [6, 6.07) is 9.81. The molecule has 0 fully saturated rings. The van der Waals surface area contributed by atoms with Gasteiger partial charge in [0, 0.05) is 6.20 Å². The van der Waals surface area contributed by atoms with E-state index in [9.17, 15) is 22.8 Å². The third-order valence-corrected chi connectivity index (χ3v) is 3.56. The summed E-state index contributed by atoms with van der Waals surface area (Å²) in [5, 5.41) is 11.4. The van der Waals surface area contributed by atoms with Gasteiger partial charge in [-0.3, -0.25) is 9.59 Å². The second-order valence-electron chi connectivity index (χ2n) is 5.38. The molecule has 1 aromatic carbocycles. The summed E-state index contributed by atoms with van der Waals surface area (Å²) in [6.45, 7) is 1.16. The van der Waals surface area contributed by atoms with Gasteiger partial charge in [0.2, 0.25) is 5.91 Å². The molecule has 1 amide bonds. The predicted octanol–water partition coefficient (Wildman–Crippen LogP) is 2.62. The number of benzene rings is 1. The molecule has 130 valence electrons. The van der Waals surface area contributed by atoms with Gasteiger partial charge in [0.05, 0.1) is 17.7 Å². The fraction of sp³-hybridized carbons (Fsp3) is 0.235. The van der Waals surface area contributed by atoms with Crippen molar-refractivity contribution < 1.29 is 18.0 Å². The molecule has 25 heavy (non-hydrogen) atoms. The van der Waals surface area contributed by atoms with Gasteiger partial charge in [-0.25, -0.2) is 0 Å². The van der Waals surface area contributed by atoms with Gasteiger partial charge in [-0.2, -0.15) is 18.4 Å². The first-order chi connectivity index (χ1) is 11.7.